The third-order valence-corrected chi connectivity index (χ3v) is 6.73. The molecule has 4 aliphatic rings. The second kappa shape index (κ2) is 4.08. The van der Waals surface area contributed by atoms with Crippen molar-refractivity contribution in [3.05, 3.63) is 22.4 Å². The maximum Gasteiger partial charge on any atom is 0.0395 e. The zero-order valence-corrected chi connectivity index (χ0v) is 11.8. The van der Waals surface area contributed by atoms with E-state index >= 15 is 0 Å². The van der Waals surface area contributed by atoms with Gasteiger partial charge in [0.1, 0.15) is 0 Å². The number of hydrogen-bond acceptors (Lipinski definition) is 2. The van der Waals surface area contributed by atoms with E-state index in [1.807, 2.05) is 11.3 Å². The summed E-state index contributed by atoms with van der Waals surface area (Å²) in [5.41, 5.74) is 7.09. The van der Waals surface area contributed by atoms with Crippen LogP contribution >= 0.6 is 11.3 Å². The molecule has 0 aliphatic heterocycles. The standard InChI is InChI=1S/C16H23NS/c17-14(15-2-1-3-18-15)10-16-7-11-4-12(8-16)6-13(5-11)9-16/h1-3,11-14H,4-10,17H2. The summed E-state index contributed by atoms with van der Waals surface area (Å²) in [6.45, 7) is 0. The van der Waals surface area contributed by atoms with E-state index in [9.17, 15) is 0 Å². The average Bonchev–Trinajstić information content (AvgIpc) is 2.79. The normalized spacial score (nSPS) is 43.3. The molecule has 4 aliphatic carbocycles. The van der Waals surface area contributed by atoms with Gasteiger partial charge in [-0.05, 0) is 79.6 Å². The van der Waals surface area contributed by atoms with Gasteiger partial charge in [-0.3, -0.25) is 0 Å². The van der Waals surface area contributed by atoms with Crippen molar-refractivity contribution in [3.63, 3.8) is 0 Å². The van der Waals surface area contributed by atoms with Gasteiger partial charge in [0.15, 0.2) is 0 Å². The fourth-order valence-electron chi connectivity index (χ4n) is 5.61. The molecular weight excluding hydrogens is 238 g/mol. The topological polar surface area (TPSA) is 26.0 Å². The minimum absolute atomic E-state index is 0.293. The summed E-state index contributed by atoms with van der Waals surface area (Å²) in [5.74, 6) is 3.14. The van der Waals surface area contributed by atoms with Gasteiger partial charge in [0.05, 0.1) is 0 Å². The summed E-state index contributed by atoms with van der Waals surface area (Å²) in [6.07, 6.45) is 10.3. The Morgan fingerprint density at radius 2 is 1.78 bits per heavy atom. The molecular formula is C16H23NS. The van der Waals surface area contributed by atoms with Gasteiger partial charge in [-0.2, -0.15) is 0 Å². The fraction of sp³-hybridized carbons (Fsp3) is 0.750. The van der Waals surface area contributed by atoms with Gasteiger partial charge in [0.2, 0.25) is 0 Å². The van der Waals surface area contributed by atoms with E-state index in [4.69, 9.17) is 5.73 Å². The fourth-order valence-corrected chi connectivity index (χ4v) is 6.34. The molecule has 1 heterocycles. The van der Waals surface area contributed by atoms with Gasteiger partial charge in [0.25, 0.3) is 0 Å². The van der Waals surface area contributed by atoms with Crippen molar-refractivity contribution in [1.29, 1.82) is 0 Å². The van der Waals surface area contributed by atoms with Crippen molar-refractivity contribution in [2.75, 3.05) is 0 Å². The predicted octanol–water partition coefficient (Wildman–Crippen LogP) is 4.35. The summed E-state index contributed by atoms with van der Waals surface area (Å²) in [7, 11) is 0. The van der Waals surface area contributed by atoms with Crippen LogP contribution in [0.4, 0.5) is 0 Å². The van der Waals surface area contributed by atoms with Crippen LogP contribution in [0.3, 0.4) is 0 Å². The van der Waals surface area contributed by atoms with Crippen LogP contribution in [0.2, 0.25) is 0 Å². The van der Waals surface area contributed by atoms with Crippen LogP contribution < -0.4 is 5.73 Å². The van der Waals surface area contributed by atoms with Crippen molar-refractivity contribution in [3.8, 4) is 0 Å². The molecule has 98 valence electrons. The van der Waals surface area contributed by atoms with E-state index in [0.29, 0.717) is 11.5 Å². The molecule has 1 aromatic rings. The first-order chi connectivity index (χ1) is 8.72. The summed E-state index contributed by atoms with van der Waals surface area (Å²) < 4.78 is 0. The van der Waals surface area contributed by atoms with Crippen LogP contribution in [0.25, 0.3) is 0 Å². The molecule has 0 radical (unpaired) electrons. The van der Waals surface area contributed by atoms with Gasteiger partial charge in [-0.25, -0.2) is 0 Å². The maximum absolute atomic E-state index is 6.47. The first-order valence-corrected chi connectivity index (χ1v) is 8.39. The SMILES string of the molecule is NC(CC12CC3CC(CC(C3)C1)C2)c1cccs1. The molecule has 18 heavy (non-hydrogen) atoms. The van der Waals surface area contributed by atoms with Crippen molar-refractivity contribution < 1.29 is 0 Å². The molecule has 0 amide bonds. The molecule has 5 rings (SSSR count). The van der Waals surface area contributed by atoms with Crippen molar-refractivity contribution in [2.24, 2.45) is 28.9 Å². The van der Waals surface area contributed by atoms with Crippen LogP contribution in [0.1, 0.15) is 55.9 Å². The van der Waals surface area contributed by atoms with E-state index in [2.05, 4.69) is 17.5 Å². The molecule has 4 fully saturated rings. The largest absolute Gasteiger partial charge is 0.323 e. The smallest absolute Gasteiger partial charge is 0.0395 e. The molecule has 1 atom stereocenters. The Kier molecular flexibility index (Phi) is 2.60. The Labute approximate surface area is 114 Å². The zero-order chi connectivity index (χ0) is 12.2. The molecule has 0 saturated heterocycles. The minimum atomic E-state index is 0.293. The third kappa shape index (κ3) is 1.85. The highest BCUT2D eigenvalue weighted by Crippen LogP contribution is 2.62. The summed E-state index contributed by atoms with van der Waals surface area (Å²) in [5, 5.41) is 2.16. The van der Waals surface area contributed by atoms with E-state index in [0.717, 1.165) is 17.8 Å². The lowest BCUT2D eigenvalue weighted by Gasteiger charge is -2.57. The van der Waals surface area contributed by atoms with Crippen LogP contribution in [0.15, 0.2) is 17.5 Å². The number of nitrogens with two attached hydrogens (primary N) is 1. The van der Waals surface area contributed by atoms with E-state index in [-0.39, 0.29) is 0 Å². The van der Waals surface area contributed by atoms with E-state index < -0.39 is 0 Å². The molecule has 4 bridgehead atoms. The van der Waals surface area contributed by atoms with E-state index in [1.165, 1.54) is 49.8 Å². The van der Waals surface area contributed by atoms with Crippen LogP contribution in [-0.4, -0.2) is 0 Å². The Balaban J connectivity index is 1.54. The van der Waals surface area contributed by atoms with Crippen molar-refractivity contribution in [1.82, 2.24) is 0 Å². The first kappa shape index (κ1) is 11.5. The zero-order valence-electron chi connectivity index (χ0n) is 11.0. The highest BCUT2D eigenvalue weighted by Gasteiger charge is 2.51. The Morgan fingerprint density at radius 1 is 1.17 bits per heavy atom. The van der Waals surface area contributed by atoms with Crippen LogP contribution in [0.5, 0.6) is 0 Å². The molecule has 2 heteroatoms. The Bertz CT molecular complexity index is 387. The predicted molar refractivity (Wildman–Crippen MR) is 76.5 cm³/mol. The molecule has 1 nitrogen and oxygen atoms in total. The number of hydrogen-bond donors (Lipinski definition) is 1. The van der Waals surface area contributed by atoms with Gasteiger partial charge in [-0.1, -0.05) is 6.07 Å². The number of rotatable bonds is 3. The summed E-state index contributed by atoms with van der Waals surface area (Å²) >= 11 is 1.83. The summed E-state index contributed by atoms with van der Waals surface area (Å²) in [6, 6.07) is 4.65. The van der Waals surface area contributed by atoms with Crippen LogP contribution in [0, 0.1) is 23.2 Å². The molecule has 1 aromatic heterocycles. The minimum Gasteiger partial charge on any atom is -0.323 e. The van der Waals surface area contributed by atoms with Crippen molar-refractivity contribution >= 4 is 11.3 Å². The molecule has 2 N–H and O–H groups in total. The molecule has 0 aromatic carbocycles. The lowest BCUT2D eigenvalue weighted by Crippen LogP contribution is -2.47. The van der Waals surface area contributed by atoms with Gasteiger partial charge < -0.3 is 5.73 Å². The maximum atomic E-state index is 6.47. The molecule has 1 unspecified atom stereocenters. The quantitative estimate of drug-likeness (QED) is 0.860. The second-order valence-corrected chi connectivity index (χ2v) is 8.22. The Hall–Kier alpha value is -0.340. The average molecular weight is 261 g/mol. The Morgan fingerprint density at radius 3 is 2.28 bits per heavy atom. The molecule has 4 saturated carbocycles. The highest BCUT2D eigenvalue weighted by molar-refractivity contribution is 7.10. The molecule has 0 spiro atoms. The first-order valence-electron chi connectivity index (χ1n) is 7.51. The van der Waals surface area contributed by atoms with Crippen molar-refractivity contribution in [2.45, 2.75) is 51.0 Å². The monoisotopic (exact) mass is 261 g/mol. The van der Waals surface area contributed by atoms with E-state index in [1.54, 1.807) is 0 Å². The lowest BCUT2D eigenvalue weighted by atomic mass is 9.48. The third-order valence-electron chi connectivity index (χ3n) is 5.73. The summed E-state index contributed by atoms with van der Waals surface area (Å²) in [4.78, 5) is 1.39. The second-order valence-electron chi connectivity index (χ2n) is 7.24. The van der Waals surface area contributed by atoms with Crippen LogP contribution in [-0.2, 0) is 0 Å². The lowest BCUT2D eigenvalue weighted by molar-refractivity contribution is -0.0603. The van der Waals surface area contributed by atoms with Gasteiger partial charge in [-0.15, -0.1) is 11.3 Å². The highest BCUT2D eigenvalue weighted by atomic mass is 32.1. The number of thiophene rings is 1. The van der Waals surface area contributed by atoms with Gasteiger partial charge in [0, 0.05) is 10.9 Å². The van der Waals surface area contributed by atoms with Gasteiger partial charge >= 0.3 is 0 Å².